The van der Waals surface area contributed by atoms with Crippen molar-refractivity contribution in [1.82, 2.24) is 29.1 Å². The van der Waals surface area contributed by atoms with Crippen molar-refractivity contribution in [2.75, 3.05) is 0 Å². The lowest BCUT2D eigenvalue weighted by Gasteiger charge is -2.13. The number of para-hydroxylation sites is 2. The SMILES string of the molecule is Brc1ccc2c(c1)c1ccccc1n2-c1nc(-c2ccccc2)c2ccc3ccccc3c2n1.Ic1ccc2c(c1)c1ccccc1n2-c1nc(-c2ccccc2)c2ccc3ccccc3c2n1. The van der Waals surface area contributed by atoms with Crippen molar-refractivity contribution < 1.29 is 0 Å². The van der Waals surface area contributed by atoms with Gasteiger partial charge in [0.25, 0.3) is 0 Å². The van der Waals surface area contributed by atoms with Crippen LogP contribution in [0.2, 0.25) is 0 Å². The number of halogens is 2. The van der Waals surface area contributed by atoms with Gasteiger partial charge in [-0.15, -0.1) is 0 Å². The molecule has 0 spiro atoms. The highest BCUT2D eigenvalue weighted by Gasteiger charge is 2.20. The molecule has 14 aromatic rings. The average Bonchev–Trinajstić information content (AvgIpc) is 3.90. The van der Waals surface area contributed by atoms with E-state index in [1.165, 1.54) is 35.9 Å². The van der Waals surface area contributed by atoms with Crippen LogP contribution in [0, 0.1) is 3.57 Å². The number of aromatic nitrogens is 6. The Bertz CT molecular complexity index is 4020. The van der Waals surface area contributed by atoms with Crippen LogP contribution in [-0.4, -0.2) is 29.1 Å². The van der Waals surface area contributed by atoms with E-state index in [0.717, 1.165) is 81.6 Å². The molecule has 0 amide bonds. The van der Waals surface area contributed by atoms with Gasteiger partial charge in [-0.25, -0.2) is 19.9 Å². The van der Waals surface area contributed by atoms with Crippen molar-refractivity contribution in [2.45, 2.75) is 0 Å². The summed E-state index contributed by atoms with van der Waals surface area (Å²) in [5, 5.41) is 11.5. The number of nitrogens with zero attached hydrogens (tertiary/aromatic N) is 6. The van der Waals surface area contributed by atoms with Gasteiger partial charge >= 0.3 is 0 Å². The summed E-state index contributed by atoms with van der Waals surface area (Å²) in [6.07, 6.45) is 0. The van der Waals surface area contributed by atoms with Gasteiger partial charge in [0.1, 0.15) is 0 Å². The Kier molecular flexibility index (Phi) is 9.83. The van der Waals surface area contributed by atoms with Crippen LogP contribution < -0.4 is 0 Å². The first-order valence-electron chi connectivity index (χ1n) is 22.4. The minimum absolute atomic E-state index is 0.677. The molecule has 0 aliphatic carbocycles. The van der Waals surface area contributed by atoms with Crippen molar-refractivity contribution >= 4 is 125 Å². The third kappa shape index (κ3) is 6.73. The molecule has 0 unspecified atom stereocenters. The molecule has 0 N–H and O–H groups in total. The van der Waals surface area contributed by atoms with Gasteiger partial charge in [0.15, 0.2) is 0 Å². The number of rotatable bonds is 4. The van der Waals surface area contributed by atoms with Crippen molar-refractivity contribution in [1.29, 1.82) is 0 Å². The molecule has 8 heteroatoms. The van der Waals surface area contributed by atoms with Crippen molar-refractivity contribution in [3.05, 3.63) is 226 Å². The smallest absolute Gasteiger partial charge is 0.235 e. The summed E-state index contributed by atoms with van der Waals surface area (Å²) >= 11 is 6.02. The summed E-state index contributed by atoms with van der Waals surface area (Å²) in [6.45, 7) is 0. The van der Waals surface area contributed by atoms with E-state index in [1.54, 1.807) is 0 Å². The van der Waals surface area contributed by atoms with Crippen molar-refractivity contribution in [3.8, 4) is 34.4 Å². The van der Waals surface area contributed by atoms with Crippen LogP contribution in [-0.2, 0) is 0 Å². The van der Waals surface area contributed by atoms with Crippen LogP contribution in [0.25, 0.3) is 121 Å². The maximum atomic E-state index is 5.20. The molecule has 68 heavy (non-hydrogen) atoms. The normalized spacial score (nSPS) is 11.7. The highest BCUT2D eigenvalue weighted by atomic mass is 127. The molecule has 4 heterocycles. The summed E-state index contributed by atoms with van der Waals surface area (Å²) in [4.78, 5) is 20.8. The van der Waals surface area contributed by atoms with Gasteiger partial charge in [0.2, 0.25) is 11.9 Å². The first-order chi connectivity index (χ1) is 33.6. The van der Waals surface area contributed by atoms with Crippen LogP contribution in [0.1, 0.15) is 0 Å². The van der Waals surface area contributed by atoms with E-state index in [9.17, 15) is 0 Å². The fraction of sp³-hybridized carbons (Fsp3) is 0. The first-order valence-corrected chi connectivity index (χ1v) is 24.3. The average molecular weight is 1050 g/mol. The van der Waals surface area contributed by atoms with E-state index >= 15 is 0 Å². The molecule has 0 aliphatic heterocycles. The Balaban J connectivity index is 0.000000134. The van der Waals surface area contributed by atoms with Crippen LogP contribution >= 0.6 is 38.5 Å². The van der Waals surface area contributed by atoms with Crippen LogP contribution in [0.4, 0.5) is 0 Å². The molecule has 0 radical (unpaired) electrons. The van der Waals surface area contributed by atoms with Gasteiger partial charge in [-0.1, -0.05) is 174 Å². The van der Waals surface area contributed by atoms with Crippen LogP contribution in [0.3, 0.4) is 0 Å². The fourth-order valence-electron chi connectivity index (χ4n) is 9.86. The van der Waals surface area contributed by atoms with Gasteiger partial charge in [-0.3, -0.25) is 9.13 Å². The second kappa shape index (κ2) is 16.5. The third-order valence-electron chi connectivity index (χ3n) is 12.9. The molecule has 0 fully saturated rings. The zero-order valence-electron chi connectivity index (χ0n) is 36.2. The topological polar surface area (TPSA) is 61.4 Å². The minimum atomic E-state index is 0.677. The van der Waals surface area contributed by atoms with Crippen molar-refractivity contribution in [2.24, 2.45) is 0 Å². The lowest BCUT2D eigenvalue weighted by atomic mass is 10.0. The largest absolute Gasteiger partial charge is 0.278 e. The number of benzene rings is 10. The minimum Gasteiger partial charge on any atom is -0.278 e. The molecule has 0 saturated heterocycles. The molecule has 0 atom stereocenters. The predicted molar refractivity (Wildman–Crippen MR) is 294 cm³/mol. The Labute approximate surface area is 412 Å². The van der Waals surface area contributed by atoms with E-state index in [1.807, 2.05) is 12.1 Å². The van der Waals surface area contributed by atoms with E-state index in [4.69, 9.17) is 19.9 Å². The van der Waals surface area contributed by atoms with E-state index in [0.29, 0.717) is 11.9 Å². The van der Waals surface area contributed by atoms with Crippen LogP contribution in [0.15, 0.2) is 223 Å². The van der Waals surface area contributed by atoms with E-state index in [-0.39, 0.29) is 0 Å². The second-order valence-electron chi connectivity index (χ2n) is 16.9. The fourth-order valence-corrected chi connectivity index (χ4v) is 10.7. The Morgan fingerprint density at radius 3 is 1.25 bits per heavy atom. The Morgan fingerprint density at radius 1 is 0.324 bits per heavy atom. The van der Waals surface area contributed by atoms with E-state index in [2.05, 4.69) is 254 Å². The van der Waals surface area contributed by atoms with Crippen LogP contribution in [0.5, 0.6) is 0 Å². The molecule has 0 bridgehead atoms. The van der Waals surface area contributed by atoms with Gasteiger partial charge in [0, 0.05) is 62.3 Å². The highest BCUT2D eigenvalue weighted by Crippen LogP contribution is 2.38. The maximum absolute atomic E-state index is 5.20. The van der Waals surface area contributed by atoms with Gasteiger partial charge in [-0.05, 0) is 94.0 Å². The molecule has 4 aromatic heterocycles. The monoisotopic (exact) mass is 1050 g/mol. The summed E-state index contributed by atoms with van der Waals surface area (Å²) in [7, 11) is 0. The zero-order valence-corrected chi connectivity index (χ0v) is 40.0. The maximum Gasteiger partial charge on any atom is 0.235 e. The van der Waals surface area contributed by atoms with Gasteiger partial charge < -0.3 is 0 Å². The Hall–Kier alpha value is -7.79. The molecular weight excluding hydrogens is 1010 g/mol. The van der Waals surface area contributed by atoms with Gasteiger partial charge in [-0.2, -0.15) is 0 Å². The lowest BCUT2D eigenvalue weighted by molar-refractivity contribution is 1.01. The molecule has 0 saturated carbocycles. The molecule has 0 aliphatic rings. The first kappa shape index (κ1) is 40.5. The zero-order chi connectivity index (χ0) is 45.3. The summed E-state index contributed by atoms with van der Waals surface area (Å²) in [6, 6.07) is 76.2. The third-order valence-corrected chi connectivity index (χ3v) is 14.1. The standard InChI is InChI=1S/C30H18BrN3.C30H18IN3/c2*31-21-15-17-27-25(18-21)23-12-6-7-13-26(23)34(27)30-32-28(20-9-2-1-3-10-20)24-16-14-19-8-4-5-11-22(19)29(24)33-30/h2*1-18H. The molecule has 10 aromatic carbocycles. The van der Waals surface area contributed by atoms with E-state index < -0.39 is 0 Å². The van der Waals surface area contributed by atoms with Crippen molar-refractivity contribution in [3.63, 3.8) is 0 Å². The predicted octanol–water partition coefficient (Wildman–Crippen LogP) is 16.5. The lowest BCUT2D eigenvalue weighted by Crippen LogP contribution is -2.03. The Morgan fingerprint density at radius 2 is 0.735 bits per heavy atom. The summed E-state index contributed by atoms with van der Waals surface area (Å²) < 4.78 is 6.65. The molecule has 6 nitrogen and oxygen atoms in total. The molecule has 14 rings (SSSR count). The quantitative estimate of drug-likeness (QED) is 0.130. The summed E-state index contributed by atoms with van der Waals surface area (Å²) in [5.41, 5.74) is 10.4. The highest BCUT2D eigenvalue weighted by molar-refractivity contribution is 14.1. The van der Waals surface area contributed by atoms with Gasteiger partial charge in [0.05, 0.1) is 44.5 Å². The number of hydrogen-bond donors (Lipinski definition) is 0. The second-order valence-corrected chi connectivity index (χ2v) is 19.0. The summed E-state index contributed by atoms with van der Waals surface area (Å²) in [5.74, 6) is 1.37. The molecular formula is C60H36BrIN6. The number of fused-ring (bicyclic) bond motifs is 12. The number of hydrogen-bond acceptors (Lipinski definition) is 4. The molecule has 320 valence electrons.